The van der Waals surface area contributed by atoms with E-state index in [2.05, 4.69) is 17.4 Å². The smallest absolute Gasteiger partial charge is 0.408 e. The van der Waals surface area contributed by atoms with Crippen LogP contribution in [0.1, 0.15) is 18.4 Å². The first kappa shape index (κ1) is 20.7. The van der Waals surface area contributed by atoms with Gasteiger partial charge >= 0.3 is 11.8 Å². The lowest BCUT2D eigenvalue weighted by Crippen LogP contribution is -2.55. The number of aryl methyl sites for hydroxylation is 2. The molecule has 2 heterocycles. The van der Waals surface area contributed by atoms with E-state index in [0.29, 0.717) is 36.4 Å². The zero-order chi connectivity index (χ0) is 21.8. The lowest BCUT2D eigenvalue weighted by atomic mass is 10.1. The number of anilines is 1. The normalized spacial score (nSPS) is 14.3. The molecule has 0 unspecified atom stereocenters. The number of hydrogen-bond donors (Lipinski definition) is 1. The number of carbonyl (C=O) groups is 2. The van der Waals surface area contributed by atoms with Gasteiger partial charge in [-0.25, -0.2) is 9.59 Å². The van der Waals surface area contributed by atoms with Gasteiger partial charge in [-0.1, -0.05) is 30.3 Å². The fraction of sp³-hybridized carbons (Fsp3) is 0.348. The number of hydrogen-bond acceptors (Lipinski definition) is 4. The van der Waals surface area contributed by atoms with Crippen molar-refractivity contribution in [1.29, 1.82) is 0 Å². The van der Waals surface area contributed by atoms with Crippen molar-refractivity contribution in [3.8, 4) is 0 Å². The molecule has 0 aliphatic carbocycles. The summed E-state index contributed by atoms with van der Waals surface area (Å²) in [5.41, 5.74) is 3.07. The van der Waals surface area contributed by atoms with E-state index >= 15 is 0 Å². The highest BCUT2D eigenvalue weighted by molar-refractivity contribution is 5.98. The Morgan fingerprint density at radius 3 is 2.65 bits per heavy atom. The summed E-state index contributed by atoms with van der Waals surface area (Å²) in [5.74, 6) is -0.605. The molecule has 0 saturated carbocycles. The molecule has 1 N–H and O–H groups in total. The molecule has 0 atom stereocenters. The Bertz CT molecular complexity index is 1140. The monoisotopic (exact) mass is 422 g/mol. The Balaban J connectivity index is 1.26. The highest BCUT2D eigenvalue weighted by Crippen LogP contribution is 2.23. The summed E-state index contributed by atoms with van der Waals surface area (Å²) in [7, 11) is 1.64. The number of piperazine rings is 1. The van der Waals surface area contributed by atoms with Crippen LogP contribution in [-0.4, -0.2) is 47.6 Å². The molecule has 0 bridgehead atoms. The minimum atomic E-state index is -0.441. The van der Waals surface area contributed by atoms with E-state index in [9.17, 15) is 14.4 Å². The van der Waals surface area contributed by atoms with Gasteiger partial charge in [0, 0.05) is 38.4 Å². The van der Waals surface area contributed by atoms with Crippen molar-refractivity contribution < 1.29 is 14.0 Å². The van der Waals surface area contributed by atoms with E-state index in [1.54, 1.807) is 30.1 Å². The van der Waals surface area contributed by atoms with Crippen molar-refractivity contribution in [3.05, 3.63) is 64.6 Å². The summed E-state index contributed by atoms with van der Waals surface area (Å²) in [6.07, 6.45) is 2.87. The maximum absolute atomic E-state index is 12.7. The van der Waals surface area contributed by atoms with Gasteiger partial charge in [0.25, 0.3) is 0 Å². The number of nitrogens with one attached hydrogen (secondary N) is 1. The van der Waals surface area contributed by atoms with Crippen LogP contribution in [0, 0.1) is 0 Å². The van der Waals surface area contributed by atoms with Crippen LogP contribution in [0.4, 0.5) is 10.5 Å². The van der Waals surface area contributed by atoms with Crippen molar-refractivity contribution in [3.63, 3.8) is 0 Å². The first-order valence-corrected chi connectivity index (χ1v) is 10.5. The number of oxazole rings is 1. The Kier molecular flexibility index (Phi) is 6.06. The predicted molar refractivity (Wildman–Crippen MR) is 118 cm³/mol. The van der Waals surface area contributed by atoms with Crippen LogP contribution in [0.3, 0.4) is 0 Å². The maximum Gasteiger partial charge on any atom is 0.419 e. The van der Waals surface area contributed by atoms with Gasteiger partial charge in [-0.3, -0.25) is 9.36 Å². The molecule has 4 rings (SSSR count). The first-order chi connectivity index (χ1) is 15.0. The minimum absolute atomic E-state index is 0.0205. The highest BCUT2D eigenvalue weighted by atomic mass is 16.4. The average Bonchev–Trinajstić information content (AvgIpc) is 3.07. The van der Waals surface area contributed by atoms with Crippen LogP contribution in [0.2, 0.25) is 0 Å². The molecule has 1 aliphatic heterocycles. The predicted octanol–water partition coefficient (Wildman–Crippen LogP) is 2.51. The van der Waals surface area contributed by atoms with Crippen LogP contribution >= 0.6 is 0 Å². The molecule has 0 radical (unpaired) electrons. The molecule has 3 amide bonds. The molecule has 162 valence electrons. The Morgan fingerprint density at radius 2 is 1.87 bits per heavy atom. The number of rotatable bonds is 6. The molecule has 0 spiro atoms. The second-order valence-electron chi connectivity index (χ2n) is 7.72. The highest BCUT2D eigenvalue weighted by Gasteiger charge is 2.28. The number of urea groups is 1. The summed E-state index contributed by atoms with van der Waals surface area (Å²) >= 11 is 0. The third-order valence-electron chi connectivity index (χ3n) is 5.61. The summed E-state index contributed by atoms with van der Waals surface area (Å²) in [6.45, 7) is 1.44. The summed E-state index contributed by atoms with van der Waals surface area (Å²) in [5, 5.41) is 2.91. The number of amides is 3. The van der Waals surface area contributed by atoms with Gasteiger partial charge in [0.15, 0.2) is 5.58 Å². The van der Waals surface area contributed by atoms with Gasteiger partial charge in [-0.15, -0.1) is 0 Å². The SMILES string of the molecule is Cn1c(=O)oc2cc(N3CCN(C(=O)NCCCCc4ccccc4)CC3=O)ccc21. The number of benzene rings is 2. The Morgan fingerprint density at radius 1 is 1.06 bits per heavy atom. The third kappa shape index (κ3) is 4.63. The van der Waals surface area contributed by atoms with Gasteiger partial charge < -0.3 is 19.5 Å². The second-order valence-corrected chi connectivity index (χ2v) is 7.72. The molecule has 1 aromatic heterocycles. The summed E-state index contributed by atoms with van der Waals surface area (Å²) < 4.78 is 6.63. The van der Waals surface area contributed by atoms with Crippen molar-refractivity contribution in [2.24, 2.45) is 7.05 Å². The van der Waals surface area contributed by atoms with E-state index < -0.39 is 5.76 Å². The van der Waals surface area contributed by atoms with Crippen molar-refractivity contribution in [2.75, 3.05) is 31.1 Å². The number of fused-ring (bicyclic) bond motifs is 1. The van der Waals surface area contributed by atoms with Gasteiger partial charge in [0.1, 0.15) is 6.54 Å². The number of carbonyl (C=O) groups excluding carboxylic acids is 2. The quantitative estimate of drug-likeness (QED) is 0.619. The topological polar surface area (TPSA) is 87.8 Å². The Labute approximate surface area is 180 Å². The van der Waals surface area contributed by atoms with Gasteiger partial charge in [-0.2, -0.15) is 0 Å². The van der Waals surface area contributed by atoms with Crippen LogP contribution < -0.4 is 16.0 Å². The zero-order valence-corrected chi connectivity index (χ0v) is 17.5. The van der Waals surface area contributed by atoms with Crippen LogP contribution in [0.25, 0.3) is 11.1 Å². The molecule has 8 nitrogen and oxygen atoms in total. The molecule has 2 aromatic carbocycles. The van der Waals surface area contributed by atoms with Crippen LogP contribution in [0.15, 0.2) is 57.7 Å². The maximum atomic E-state index is 12.7. The van der Waals surface area contributed by atoms with Crippen molar-refractivity contribution in [2.45, 2.75) is 19.3 Å². The summed E-state index contributed by atoms with van der Waals surface area (Å²) in [6, 6.07) is 15.3. The van der Waals surface area contributed by atoms with E-state index in [1.807, 2.05) is 18.2 Å². The molecule has 1 fully saturated rings. The van der Waals surface area contributed by atoms with E-state index in [-0.39, 0.29) is 18.5 Å². The fourth-order valence-corrected chi connectivity index (χ4v) is 3.82. The molecule has 31 heavy (non-hydrogen) atoms. The summed E-state index contributed by atoms with van der Waals surface area (Å²) in [4.78, 5) is 39.9. The van der Waals surface area contributed by atoms with E-state index in [0.717, 1.165) is 19.3 Å². The minimum Gasteiger partial charge on any atom is -0.408 e. The van der Waals surface area contributed by atoms with E-state index in [4.69, 9.17) is 4.42 Å². The molecule has 1 aliphatic rings. The molecular formula is C23H26N4O4. The standard InChI is InChI=1S/C23H26N4O4/c1-25-19-11-10-18(15-20(19)31-23(25)30)27-14-13-26(16-21(27)28)22(29)24-12-6-5-9-17-7-3-2-4-8-17/h2-4,7-8,10-11,15H,5-6,9,12-14,16H2,1H3,(H,24,29). The second kappa shape index (κ2) is 9.07. The van der Waals surface area contributed by atoms with Crippen LogP contribution in [-0.2, 0) is 18.3 Å². The lowest BCUT2D eigenvalue weighted by Gasteiger charge is -2.34. The third-order valence-corrected chi connectivity index (χ3v) is 5.61. The van der Waals surface area contributed by atoms with Gasteiger partial charge in [0.05, 0.1) is 5.52 Å². The number of nitrogens with zero attached hydrogens (tertiary/aromatic N) is 3. The molecule has 1 saturated heterocycles. The lowest BCUT2D eigenvalue weighted by molar-refractivity contribution is -0.120. The van der Waals surface area contributed by atoms with Gasteiger partial charge in [-0.05, 0) is 37.0 Å². The number of aromatic nitrogens is 1. The average molecular weight is 422 g/mol. The molecular weight excluding hydrogens is 396 g/mol. The number of unbranched alkanes of at least 4 members (excludes halogenated alkanes) is 1. The fourth-order valence-electron chi connectivity index (χ4n) is 3.82. The Hall–Kier alpha value is -3.55. The largest absolute Gasteiger partial charge is 0.419 e. The van der Waals surface area contributed by atoms with Gasteiger partial charge in [0.2, 0.25) is 5.91 Å². The van der Waals surface area contributed by atoms with Crippen LogP contribution in [0.5, 0.6) is 0 Å². The molecule has 3 aromatic rings. The first-order valence-electron chi connectivity index (χ1n) is 10.5. The zero-order valence-electron chi connectivity index (χ0n) is 17.5. The molecule has 8 heteroatoms. The van der Waals surface area contributed by atoms with Crippen molar-refractivity contribution >= 4 is 28.7 Å². The van der Waals surface area contributed by atoms with E-state index in [1.165, 1.54) is 15.0 Å². The van der Waals surface area contributed by atoms with Crippen molar-refractivity contribution in [1.82, 2.24) is 14.8 Å².